The highest BCUT2D eigenvalue weighted by atomic mass is 32.2. The Morgan fingerprint density at radius 1 is 1.36 bits per heavy atom. The van der Waals surface area contributed by atoms with E-state index in [1.807, 2.05) is 12.1 Å². The van der Waals surface area contributed by atoms with Gasteiger partial charge in [0, 0.05) is 66.3 Å². The van der Waals surface area contributed by atoms with Crippen molar-refractivity contribution < 1.29 is 8.95 Å². The fourth-order valence-electron chi connectivity index (χ4n) is 3.64. The molecule has 3 aromatic rings. The van der Waals surface area contributed by atoms with Gasteiger partial charge in [0.15, 0.2) is 5.75 Å². The Kier molecular flexibility index (Phi) is 6.69. The van der Waals surface area contributed by atoms with Gasteiger partial charge < -0.3 is 15.0 Å². The first-order chi connectivity index (χ1) is 15.9. The van der Waals surface area contributed by atoms with Gasteiger partial charge in [-0.1, -0.05) is 6.07 Å². The Hall–Kier alpha value is -3.33. The van der Waals surface area contributed by atoms with Crippen LogP contribution in [0.25, 0.3) is 27.6 Å². The van der Waals surface area contributed by atoms with Crippen molar-refractivity contribution in [1.29, 1.82) is 0 Å². The minimum atomic E-state index is -1.09. The topological polar surface area (TPSA) is 112 Å². The Morgan fingerprint density at radius 3 is 2.82 bits per heavy atom. The largest absolute Gasteiger partial charge is 0.489 e. The quantitative estimate of drug-likeness (QED) is 0.512. The first-order valence-corrected chi connectivity index (χ1v) is 12.4. The fraction of sp³-hybridized carbons (Fsp3) is 0.333. The molecule has 2 aromatic heterocycles. The van der Waals surface area contributed by atoms with Crippen LogP contribution in [0.15, 0.2) is 46.6 Å². The lowest BCUT2D eigenvalue weighted by Crippen LogP contribution is -2.17. The van der Waals surface area contributed by atoms with Crippen LogP contribution < -0.4 is 16.0 Å². The van der Waals surface area contributed by atoms with E-state index in [4.69, 9.17) is 15.5 Å². The number of benzene rings is 1. The second-order valence-electron chi connectivity index (χ2n) is 8.20. The summed E-state index contributed by atoms with van der Waals surface area (Å²) in [6, 6.07) is 5.55. The molecule has 8 nitrogen and oxygen atoms in total. The normalized spacial score (nSPS) is 15.3. The lowest BCUT2D eigenvalue weighted by atomic mass is 9.98. The lowest BCUT2D eigenvalue weighted by molar-refractivity contribution is 0.298. The first-order valence-electron chi connectivity index (χ1n) is 10.7. The number of aromatic nitrogens is 3. The Morgan fingerprint density at radius 2 is 2.15 bits per heavy atom. The zero-order chi connectivity index (χ0) is 23.5. The number of aliphatic imine (C=N–C) groups is 1. The van der Waals surface area contributed by atoms with Crippen molar-refractivity contribution in [3.8, 4) is 17.0 Å². The Labute approximate surface area is 194 Å². The highest BCUT2D eigenvalue weighted by Crippen LogP contribution is 2.35. The highest BCUT2D eigenvalue weighted by molar-refractivity contribution is 7.83. The summed E-state index contributed by atoms with van der Waals surface area (Å²) in [6.07, 6.45) is 10.5. The number of hydrogen-bond acceptors (Lipinski definition) is 7. The summed E-state index contributed by atoms with van der Waals surface area (Å²) in [4.78, 5) is 26.1. The molecule has 0 saturated heterocycles. The number of ether oxygens (including phenoxy) is 1. The van der Waals surface area contributed by atoms with Gasteiger partial charge in [0.25, 0.3) is 5.56 Å². The van der Waals surface area contributed by atoms with E-state index in [0.717, 1.165) is 34.9 Å². The van der Waals surface area contributed by atoms with Crippen LogP contribution in [-0.4, -0.2) is 44.9 Å². The van der Waals surface area contributed by atoms with E-state index in [-0.39, 0.29) is 11.3 Å². The standard InChI is InChI=1S/C24H27N5O3S/c1-26-10-17(9-25)16-6-7-18-19(8-16)20(12-29(2)24(18)30)23-21(32-13-15-4-5-15)11-27-22(28-23)14-33(3)31/h6-12,15H,4-5,13-14,25H2,1-3H3. The summed E-state index contributed by atoms with van der Waals surface area (Å²) >= 11 is 0. The summed E-state index contributed by atoms with van der Waals surface area (Å²) in [5.74, 6) is 1.79. The molecule has 1 saturated carbocycles. The zero-order valence-corrected chi connectivity index (χ0v) is 19.8. The number of nitrogens with zero attached hydrogens (tertiary/aromatic N) is 4. The number of rotatable bonds is 8. The minimum absolute atomic E-state index is 0.118. The van der Waals surface area contributed by atoms with Crippen molar-refractivity contribution in [3.05, 3.63) is 58.5 Å². The van der Waals surface area contributed by atoms with Crippen LogP contribution in [0.2, 0.25) is 0 Å². The van der Waals surface area contributed by atoms with Crippen LogP contribution in [0.4, 0.5) is 0 Å². The molecular weight excluding hydrogens is 438 g/mol. The van der Waals surface area contributed by atoms with Gasteiger partial charge in [-0.25, -0.2) is 9.97 Å². The van der Waals surface area contributed by atoms with Crippen LogP contribution in [0.3, 0.4) is 0 Å². The molecule has 0 amide bonds. The van der Waals surface area contributed by atoms with Gasteiger partial charge >= 0.3 is 0 Å². The van der Waals surface area contributed by atoms with Gasteiger partial charge in [-0.15, -0.1) is 0 Å². The number of pyridine rings is 1. The summed E-state index contributed by atoms with van der Waals surface area (Å²) < 4.78 is 19.4. The molecular formula is C24H27N5O3S. The molecule has 0 spiro atoms. The number of nitrogens with two attached hydrogens (primary N) is 1. The van der Waals surface area contributed by atoms with Gasteiger partial charge in [-0.2, -0.15) is 0 Å². The Bertz CT molecular complexity index is 1340. The summed E-state index contributed by atoms with van der Waals surface area (Å²) in [5.41, 5.74) is 8.57. The van der Waals surface area contributed by atoms with Crippen LogP contribution >= 0.6 is 0 Å². The molecule has 1 atom stereocenters. The third kappa shape index (κ3) is 5.03. The van der Waals surface area contributed by atoms with Crippen molar-refractivity contribution >= 4 is 33.4 Å². The summed E-state index contributed by atoms with van der Waals surface area (Å²) in [5, 5.41) is 1.27. The number of aryl methyl sites for hydroxylation is 1. The van der Waals surface area contributed by atoms with Crippen LogP contribution in [0.1, 0.15) is 24.2 Å². The molecule has 1 aliphatic carbocycles. The third-order valence-electron chi connectivity index (χ3n) is 5.53. The summed E-state index contributed by atoms with van der Waals surface area (Å²) in [6.45, 7) is 0.595. The van der Waals surface area contributed by atoms with Gasteiger partial charge in [0.1, 0.15) is 11.5 Å². The van der Waals surface area contributed by atoms with Gasteiger partial charge in [-0.05, 0) is 41.8 Å². The molecule has 1 unspecified atom stereocenters. The molecule has 1 aliphatic rings. The minimum Gasteiger partial charge on any atom is -0.489 e. The molecule has 9 heteroatoms. The predicted molar refractivity (Wildman–Crippen MR) is 133 cm³/mol. The summed E-state index contributed by atoms with van der Waals surface area (Å²) in [7, 11) is 2.29. The maximum absolute atomic E-state index is 12.9. The third-order valence-corrected chi connectivity index (χ3v) is 6.19. The zero-order valence-electron chi connectivity index (χ0n) is 18.9. The molecule has 33 heavy (non-hydrogen) atoms. The molecule has 172 valence electrons. The molecule has 1 fully saturated rings. The van der Waals surface area contributed by atoms with Crippen molar-refractivity contribution in [2.45, 2.75) is 18.6 Å². The van der Waals surface area contributed by atoms with Crippen molar-refractivity contribution in [2.75, 3.05) is 19.9 Å². The monoisotopic (exact) mass is 465 g/mol. The van der Waals surface area contributed by atoms with E-state index in [9.17, 15) is 9.00 Å². The fourth-order valence-corrected chi connectivity index (χ4v) is 4.14. The van der Waals surface area contributed by atoms with Gasteiger partial charge in [-0.3, -0.25) is 14.0 Å². The van der Waals surface area contributed by atoms with E-state index in [0.29, 0.717) is 35.2 Å². The van der Waals surface area contributed by atoms with E-state index < -0.39 is 10.8 Å². The maximum atomic E-state index is 12.9. The molecule has 4 rings (SSSR count). The van der Waals surface area contributed by atoms with Crippen molar-refractivity contribution in [1.82, 2.24) is 14.5 Å². The van der Waals surface area contributed by atoms with Crippen molar-refractivity contribution in [3.63, 3.8) is 0 Å². The van der Waals surface area contributed by atoms with Gasteiger partial charge in [0.05, 0.1) is 18.6 Å². The van der Waals surface area contributed by atoms with Gasteiger partial charge in [0.2, 0.25) is 0 Å². The predicted octanol–water partition coefficient (Wildman–Crippen LogP) is 2.66. The molecule has 0 radical (unpaired) electrons. The maximum Gasteiger partial charge on any atom is 0.258 e. The lowest BCUT2D eigenvalue weighted by Gasteiger charge is -2.15. The van der Waals surface area contributed by atoms with E-state index in [1.54, 1.807) is 45.0 Å². The number of allylic oxidation sites excluding steroid dienone is 1. The average Bonchev–Trinajstić information content (AvgIpc) is 3.63. The first kappa shape index (κ1) is 22.8. The molecule has 2 N–H and O–H groups in total. The SMILES string of the molecule is CN=CC(=CN)c1ccc2c(=O)n(C)cc(-c3nc(CS(C)=O)ncc3OCC3CC3)c2c1. The van der Waals surface area contributed by atoms with Crippen LogP contribution in [0.5, 0.6) is 5.75 Å². The Balaban J connectivity index is 1.95. The van der Waals surface area contributed by atoms with Crippen molar-refractivity contribution in [2.24, 2.45) is 23.7 Å². The number of hydrogen-bond donors (Lipinski definition) is 1. The van der Waals surface area contributed by atoms with E-state index in [1.165, 1.54) is 10.8 Å². The van der Waals surface area contributed by atoms with Crippen LogP contribution in [-0.2, 0) is 23.6 Å². The number of fused-ring (bicyclic) bond motifs is 1. The van der Waals surface area contributed by atoms with E-state index >= 15 is 0 Å². The highest BCUT2D eigenvalue weighted by Gasteiger charge is 2.24. The average molecular weight is 466 g/mol. The molecule has 1 aromatic carbocycles. The second-order valence-corrected chi connectivity index (χ2v) is 9.63. The molecule has 0 bridgehead atoms. The smallest absolute Gasteiger partial charge is 0.258 e. The second kappa shape index (κ2) is 9.66. The molecule has 0 aliphatic heterocycles. The van der Waals surface area contributed by atoms with E-state index in [2.05, 4.69) is 9.98 Å². The van der Waals surface area contributed by atoms with Crippen LogP contribution in [0, 0.1) is 5.92 Å². The molecule has 2 heterocycles.